The summed E-state index contributed by atoms with van der Waals surface area (Å²) in [4.78, 5) is 30.7. The van der Waals surface area contributed by atoms with E-state index in [-0.39, 0.29) is 24.3 Å². The Morgan fingerprint density at radius 3 is 2.50 bits per heavy atom. The van der Waals surface area contributed by atoms with Gasteiger partial charge in [0.05, 0.1) is 10.5 Å². The number of carbonyl (C=O) groups excluding carboxylic acids is 1. The molecule has 7 heteroatoms. The Kier molecular flexibility index (Phi) is 8.42. The van der Waals surface area contributed by atoms with Gasteiger partial charge < -0.3 is 9.64 Å². The molecule has 1 aliphatic carbocycles. The zero-order valence-electron chi connectivity index (χ0n) is 20.7. The summed E-state index contributed by atoms with van der Waals surface area (Å²) in [6, 6.07) is 14.1. The van der Waals surface area contributed by atoms with Gasteiger partial charge in [-0.15, -0.1) is 0 Å². The molecule has 3 rings (SSSR count). The average molecular weight is 466 g/mol. The lowest BCUT2D eigenvalue weighted by molar-refractivity contribution is -0.385. The van der Waals surface area contributed by atoms with Gasteiger partial charge in [0.15, 0.2) is 0 Å². The molecule has 0 unspecified atom stereocenters. The molecule has 1 fully saturated rings. The van der Waals surface area contributed by atoms with Crippen LogP contribution in [-0.4, -0.2) is 36.4 Å². The number of ether oxygens (including phenoxy) is 1. The quantitative estimate of drug-likeness (QED) is 0.170. The predicted octanol–water partition coefficient (Wildman–Crippen LogP) is 5.79. The van der Waals surface area contributed by atoms with E-state index < -0.39 is 4.92 Å². The minimum Gasteiger partial charge on any atom is -0.461 e. The molecule has 182 valence electrons. The molecule has 34 heavy (non-hydrogen) atoms. The van der Waals surface area contributed by atoms with Crippen molar-refractivity contribution in [3.63, 3.8) is 0 Å². The fraction of sp³-hybridized carbons (Fsp3) is 0.481. The number of esters is 1. The van der Waals surface area contributed by atoms with Crippen LogP contribution in [0.5, 0.6) is 0 Å². The van der Waals surface area contributed by atoms with E-state index in [0.29, 0.717) is 29.2 Å². The minimum absolute atomic E-state index is 0.0592. The number of amidine groups is 1. The molecule has 0 saturated heterocycles. The number of carbonyl (C=O) groups is 1. The molecule has 2 aromatic carbocycles. The zero-order chi connectivity index (χ0) is 24.8. The number of hydrogen-bond acceptors (Lipinski definition) is 5. The molecule has 0 spiro atoms. The van der Waals surface area contributed by atoms with Crippen LogP contribution in [0.3, 0.4) is 0 Å². The molecular weight excluding hydrogens is 430 g/mol. The first-order valence-electron chi connectivity index (χ1n) is 12.0. The number of benzene rings is 2. The second kappa shape index (κ2) is 11.3. The predicted molar refractivity (Wildman–Crippen MR) is 135 cm³/mol. The number of aliphatic imine (C=N–C) groups is 1. The van der Waals surface area contributed by atoms with Gasteiger partial charge in [-0.1, -0.05) is 57.5 Å². The molecule has 1 saturated carbocycles. The smallest absolute Gasteiger partial charge is 0.326 e. The molecule has 7 nitrogen and oxygen atoms in total. The molecule has 0 aromatic heterocycles. The van der Waals surface area contributed by atoms with Crippen molar-refractivity contribution in [2.45, 2.75) is 53.1 Å². The Balaban J connectivity index is 1.95. The Hall–Kier alpha value is -3.22. The number of nitro groups is 1. The summed E-state index contributed by atoms with van der Waals surface area (Å²) >= 11 is 0. The van der Waals surface area contributed by atoms with E-state index in [1.165, 1.54) is 6.07 Å². The first kappa shape index (κ1) is 25.4. The van der Waals surface area contributed by atoms with E-state index in [1.807, 2.05) is 31.2 Å². The molecule has 1 aliphatic rings. The average Bonchev–Trinajstić information content (AvgIpc) is 2.79. The second-order valence-electron chi connectivity index (χ2n) is 9.55. The van der Waals surface area contributed by atoms with Crippen molar-refractivity contribution >= 4 is 23.2 Å². The summed E-state index contributed by atoms with van der Waals surface area (Å²) in [7, 11) is 1.58. The number of hydrogen-bond donors (Lipinski definition) is 0. The van der Waals surface area contributed by atoms with Crippen LogP contribution in [0.4, 0.5) is 11.4 Å². The van der Waals surface area contributed by atoms with Crippen LogP contribution in [0.1, 0.15) is 51.2 Å². The Labute approximate surface area is 202 Å². The van der Waals surface area contributed by atoms with Gasteiger partial charge in [-0.2, -0.15) is 0 Å². The Morgan fingerprint density at radius 1 is 1.18 bits per heavy atom. The second-order valence-corrected chi connectivity index (χ2v) is 9.55. The van der Waals surface area contributed by atoms with Crippen molar-refractivity contribution < 1.29 is 14.5 Å². The van der Waals surface area contributed by atoms with Gasteiger partial charge in [-0.05, 0) is 55.2 Å². The molecule has 0 bridgehead atoms. The van der Waals surface area contributed by atoms with Gasteiger partial charge in [0, 0.05) is 18.8 Å². The summed E-state index contributed by atoms with van der Waals surface area (Å²) in [6.45, 7) is 8.42. The molecule has 0 N–H and O–H groups in total. The van der Waals surface area contributed by atoms with Gasteiger partial charge in [0.1, 0.15) is 18.5 Å². The molecule has 3 atom stereocenters. The van der Waals surface area contributed by atoms with Crippen molar-refractivity contribution in [2.24, 2.45) is 22.7 Å². The molecule has 0 heterocycles. The van der Waals surface area contributed by atoms with E-state index in [4.69, 9.17) is 4.74 Å². The number of nitrogens with zero attached hydrogens (tertiary/aromatic N) is 3. The van der Waals surface area contributed by atoms with Crippen LogP contribution in [0.15, 0.2) is 53.5 Å². The van der Waals surface area contributed by atoms with E-state index in [0.717, 1.165) is 30.5 Å². The van der Waals surface area contributed by atoms with Crippen molar-refractivity contribution in [1.29, 1.82) is 0 Å². The highest BCUT2D eigenvalue weighted by atomic mass is 16.6. The van der Waals surface area contributed by atoms with E-state index >= 15 is 0 Å². The van der Waals surface area contributed by atoms with Crippen LogP contribution in [0.2, 0.25) is 0 Å². The summed E-state index contributed by atoms with van der Waals surface area (Å²) in [5.41, 5.74) is 1.99. The van der Waals surface area contributed by atoms with Crippen LogP contribution < -0.4 is 4.90 Å². The first-order valence-corrected chi connectivity index (χ1v) is 12.0. The van der Waals surface area contributed by atoms with E-state index in [9.17, 15) is 14.9 Å². The maximum absolute atomic E-state index is 13.3. The van der Waals surface area contributed by atoms with Crippen LogP contribution in [0.25, 0.3) is 0 Å². The van der Waals surface area contributed by atoms with Gasteiger partial charge in [-0.25, -0.2) is 0 Å². The fourth-order valence-electron chi connectivity index (χ4n) is 4.93. The summed E-state index contributed by atoms with van der Waals surface area (Å²) in [5.74, 6) is 1.28. The molecular formula is C27H35N3O4. The summed E-state index contributed by atoms with van der Waals surface area (Å²) in [6.07, 6.45) is 2.94. The highest BCUT2D eigenvalue weighted by Gasteiger charge is 2.34. The SMILES string of the molecule is CN=C(c1ccccc1[N+](=O)[O-])N(CC(=O)O[C@@H]1C[C@H](C)CC[C@H]1C(C)C)c1ccccc1C. The van der Waals surface area contributed by atoms with Gasteiger partial charge in [0.2, 0.25) is 0 Å². The summed E-state index contributed by atoms with van der Waals surface area (Å²) < 4.78 is 6.07. The minimum atomic E-state index is -0.425. The standard InChI is InChI=1S/C27H35N3O4/c1-18(2)21-15-14-19(3)16-25(21)34-26(31)17-29(23-12-8-6-10-20(23)4)27(28-5)22-11-7-9-13-24(22)30(32)33/h6-13,18-19,21,25H,14-17H2,1-5H3/t19-,21+,25-/m1/s1. The lowest BCUT2D eigenvalue weighted by atomic mass is 9.75. The monoisotopic (exact) mass is 465 g/mol. The number of para-hydroxylation sites is 2. The van der Waals surface area contributed by atoms with Gasteiger partial charge in [-0.3, -0.25) is 19.9 Å². The molecule has 0 radical (unpaired) electrons. The van der Waals surface area contributed by atoms with Gasteiger partial charge in [0.25, 0.3) is 5.69 Å². The van der Waals surface area contributed by atoms with Crippen LogP contribution in [0, 0.1) is 34.8 Å². The largest absolute Gasteiger partial charge is 0.461 e. The van der Waals surface area contributed by atoms with Crippen molar-refractivity contribution in [3.05, 3.63) is 69.8 Å². The Bertz CT molecular complexity index is 1050. The normalized spacial score (nSPS) is 20.8. The third-order valence-electron chi connectivity index (χ3n) is 6.75. The first-order chi connectivity index (χ1) is 16.2. The lowest BCUT2D eigenvalue weighted by Gasteiger charge is -2.37. The highest BCUT2D eigenvalue weighted by molar-refractivity contribution is 6.14. The third-order valence-corrected chi connectivity index (χ3v) is 6.75. The lowest BCUT2D eigenvalue weighted by Crippen LogP contribution is -2.41. The molecule has 0 aliphatic heterocycles. The van der Waals surface area contributed by atoms with Crippen molar-refractivity contribution in [3.8, 4) is 0 Å². The number of nitro benzene ring substituents is 1. The topological polar surface area (TPSA) is 85.0 Å². The van der Waals surface area contributed by atoms with Crippen LogP contribution in [-0.2, 0) is 9.53 Å². The number of anilines is 1. The summed E-state index contributed by atoms with van der Waals surface area (Å²) in [5, 5.41) is 11.7. The van der Waals surface area contributed by atoms with E-state index in [1.54, 1.807) is 30.1 Å². The fourth-order valence-corrected chi connectivity index (χ4v) is 4.93. The van der Waals surface area contributed by atoms with E-state index in [2.05, 4.69) is 25.8 Å². The van der Waals surface area contributed by atoms with Crippen molar-refractivity contribution in [2.75, 3.05) is 18.5 Å². The van der Waals surface area contributed by atoms with Gasteiger partial charge >= 0.3 is 5.97 Å². The highest BCUT2D eigenvalue weighted by Crippen LogP contribution is 2.35. The van der Waals surface area contributed by atoms with Crippen LogP contribution >= 0.6 is 0 Å². The maximum Gasteiger partial charge on any atom is 0.326 e. The maximum atomic E-state index is 13.3. The Morgan fingerprint density at radius 2 is 1.85 bits per heavy atom. The zero-order valence-corrected chi connectivity index (χ0v) is 20.7. The third kappa shape index (κ3) is 5.82. The van der Waals surface area contributed by atoms with Crippen molar-refractivity contribution in [1.82, 2.24) is 0 Å². The molecule has 2 aromatic rings. The molecule has 0 amide bonds. The number of rotatable bonds is 7. The number of aryl methyl sites for hydroxylation is 1.